The lowest BCUT2D eigenvalue weighted by molar-refractivity contribution is -0.120. The highest BCUT2D eigenvalue weighted by Crippen LogP contribution is 2.09. The fourth-order valence-corrected chi connectivity index (χ4v) is 1.74. The van der Waals surface area contributed by atoms with Crippen molar-refractivity contribution in [3.05, 3.63) is 47.2 Å². The van der Waals surface area contributed by atoms with Gasteiger partial charge in [-0.25, -0.2) is 4.98 Å². The first-order chi connectivity index (χ1) is 9.04. The number of anilines is 1. The number of hydrogen-bond donors (Lipinski definition) is 2. The van der Waals surface area contributed by atoms with E-state index in [1.54, 1.807) is 12.1 Å². The van der Waals surface area contributed by atoms with Gasteiger partial charge in [-0.2, -0.15) is 0 Å². The molecule has 1 heterocycles. The quantitative estimate of drug-likeness (QED) is 0.819. The Labute approximate surface area is 111 Å². The topological polar surface area (TPSA) is 81.2 Å². The molecule has 2 aromatic rings. The highest BCUT2D eigenvalue weighted by Gasteiger charge is 2.08. The number of aryl methyl sites for hydroxylation is 2. The van der Waals surface area contributed by atoms with Crippen LogP contribution in [0, 0.1) is 13.8 Å². The molecule has 1 aromatic carbocycles. The minimum absolute atomic E-state index is 0.0842. The smallest absolute Gasteiger partial charge is 0.224 e. The lowest BCUT2D eigenvalue weighted by atomic mass is 10.1. The Kier molecular flexibility index (Phi) is 3.85. The first-order valence-electron chi connectivity index (χ1n) is 6.08. The minimum Gasteiger partial charge on any atom is -0.444 e. The zero-order valence-corrected chi connectivity index (χ0v) is 11.1. The lowest BCUT2D eigenvalue weighted by Gasteiger charge is -2.03. The van der Waals surface area contributed by atoms with Crippen molar-refractivity contribution in [1.82, 2.24) is 10.3 Å². The number of hydrogen-bond acceptors (Lipinski definition) is 4. The molecule has 0 unspecified atom stereocenters. The summed E-state index contributed by atoms with van der Waals surface area (Å²) in [6, 6.07) is 7.28. The number of nitrogen functional groups attached to an aromatic ring is 1. The molecule has 3 N–H and O–H groups in total. The van der Waals surface area contributed by atoms with Crippen molar-refractivity contribution < 1.29 is 9.21 Å². The number of carbonyl (C=O) groups excluding carboxylic acids is 1. The molecule has 1 aromatic heterocycles. The summed E-state index contributed by atoms with van der Waals surface area (Å²) in [6.07, 6.45) is 0.295. The maximum absolute atomic E-state index is 11.8. The number of nitrogens with zero attached hydrogens (tertiary/aromatic N) is 1. The molecule has 0 atom stereocenters. The lowest BCUT2D eigenvalue weighted by Crippen LogP contribution is -2.24. The monoisotopic (exact) mass is 259 g/mol. The Morgan fingerprint density at radius 2 is 2.21 bits per heavy atom. The van der Waals surface area contributed by atoms with Gasteiger partial charge in [0, 0.05) is 5.69 Å². The Morgan fingerprint density at radius 1 is 1.42 bits per heavy atom. The number of nitrogens with two attached hydrogens (primary N) is 1. The number of rotatable bonds is 4. The molecule has 5 nitrogen and oxygen atoms in total. The van der Waals surface area contributed by atoms with Crippen LogP contribution in [0.5, 0.6) is 0 Å². The Morgan fingerprint density at radius 3 is 2.84 bits per heavy atom. The van der Waals surface area contributed by atoms with Crippen LogP contribution < -0.4 is 11.1 Å². The normalized spacial score (nSPS) is 10.4. The summed E-state index contributed by atoms with van der Waals surface area (Å²) >= 11 is 0. The fraction of sp³-hybridized carbons (Fsp3) is 0.286. The first kappa shape index (κ1) is 13.1. The molecule has 1 amide bonds. The van der Waals surface area contributed by atoms with Gasteiger partial charge in [0.05, 0.1) is 18.7 Å². The Hall–Kier alpha value is -2.30. The van der Waals surface area contributed by atoms with Gasteiger partial charge < -0.3 is 15.5 Å². The molecule has 5 heteroatoms. The third-order valence-corrected chi connectivity index (χ3v) is 2.83. The van der Waals surface area contributed by atoms with E-state index in [-0.39, 0.29) is 5.91 Å². The van der Waals surface area contributed by atoms with Gasteiger partial charge in [-0.15, -0.1) is 0 Å². The van der Waals surface area contributed by atoms with Crippen LogP contribution in [0.3, 0.4) is 0 Å². The van der Waals surface area contributed by atoms with Crippen LogP contribution in [-0.4, -0.2) is 10.9 Å². The van der Waals surface area contributed by atoms with Gasteiger partial charge in [-0.1, -0.05) is 12.1 Å². The van der Waals surface area contributed by atoms with Gasteiger partial charge in [-0.3, -0.25) is 4.79 Å². The van der Waals surface area contributed by atoms with Crippen molar-refractivity contribution in [1.29, 1.82) is 0 Å². The SMILES string of the molecule is Cc1nc(CNC(=O)Cc2cccc(N)c2)oc1C. The standard InChI is InChI=1S/C14H17N3O2/c1-9-10(2)19-14(17-9)8-16-13(18)7-11-4-3-5-12(15)6-11/h3-6H,7-8,15H2,1-2H3,(H,16,18). The van der Waals surface area contributed by atoms with Crippen LogP contribution >= 0.6 is 0 Å². The summed E-state index contributed by atoms with van der Waals surface area (Å²) < 4.78 is 5.39. The fourth-order valence-electron chi connectivity index (χ4n) is 1.74. The number of amides is 1. The average Bonchev–Trinajstić information content (AvgIpc) is 2.66. The van der Waals surface area contributed by atoms with E-state index in [4.69, 9.17) is 10.2 Å². The second-order valence-electron chi connectivity index (χ2n) is 4.45. The van der Waals surface area contributed by atoms with Crippen molar-refractivity contribution in [2.24, 2.45) is 0 Å². The van der Waals surface area contributed by atoms with Crippen molar-refractivity contribution in [2.45, 2.75) is 26.8 Å². The molecule has 0 aliphatic carbocycles. The number of carbonyl (C=O) groups is 1. The van der Waals surface area contributed by atoms with Crippen LogP contribution in [0.15, 0.2) is 28.7 Å². The largest absolute Gasteiger partial charge is 0.444 e. The predicted molar refractivity (Wildman–Crippen MR) is 72.4 cm³/mol. The molecule has 100 valence electrons. The number of aromatic nitrogens is 1. The molecule has 0 aliphatic rings. The van der Waals surface area contributed by atoms with Gasteiger partial charge in [0.1, 0.15) is 5.76 Å². The van der Waals surface area contributed by atoms with Crippen molar-refractivity contribution in [3.63, 3.8) is 0 Å². The van der Waals surface area contributed by atoms with Gasteiger partial charge in [0.15, 0.2) is 0 Å². The molecule has 0 aliphatic heterocycles. The Balaban J connectivity index is 1.88. The van der Waals surface area contributed by atoms with Gasteiger partial charge in [0.25, 0.3) is 0 Å². The first-order valence-corrected chi connectivity index (χ1v) is 6.08. The minimum atomic E-state index is -0.0842. The van der Waals surface area contributed by atoms with E-state index in [9.17, 15) is 4.79 Å². The maximum atomic E-state index is 11.8. The summed E-state index contributed by atoms with van der Waals surface area (Å²) in [5, 5.41) is 2.77. The maximum Gasteiger partial charge on any atom is 0.224 e. The number of nitrogens with one attached hydrogen (secondary N) is 1. The van der Waals surface area contributed by atoms with Crippen LogP contribution in [0.2, 0.25) is 0 Å². The summed E-state index contributed by atoms with van der Waals surface area (Å²) in [4.78, 5) is 16.0. The summed E-state index contributed by atoms with van der Waals surface area (Å²) in [5.74, 6) is 1.22. The van der Waals surface area contributed by atoms with E-state index < -0.39 is 0 Å². The highest BCUT2D eigenvalue weighted by molar-refractivity contribution is 5.78. The molecule has 0 spiro atoms. The van der Waals surface area contributed by atoms with E-state index in [0.29, 0.717) is 24.5 Å². The van der Waals surface area contributed by atoms with E-state index in [2.05, 4.69) is 10.3 Å². The molecule has 0 saturated heterocycles. The van der Waals surface area contributed by atoms with Crippen LogP contribution in [0.25, 0.3) is 0 Å². The van der Waals surface area contributed by atoms with Gasteiger partial charge >= 0.3 is 0 Å². The second-order valence-corrected chi connectivity index (χ2v) is 4.45. The van der Waals surface area contributed by atoms with Gasteiger partial charge in [-0.05, 0) is 31.5 Å². The van der Waals surface area contributed by atoms with Crippen LogP contribution in [-0.2, 0) is 17.8 Å². The van der Waals surface area contributed by atoms with E-state index >= 15 is 0 Å². The zero-order chi connectivity index (χ0) is 13.8. The molecular weight excluding hydrogens is 242 g/mol. The third-order valence-electron chi connectivity index (χ3n) is 2.83. The molecule has 0 saturated carbocycles. The zero-order valence-electron chi connectivity index (χ0n) is 11.1. The van der Waals surface area contributed by atoms with E-state index in [1.165, 1.54) is 0 Å². The average molecular weight is 259 g/mol. The van der Waals surface area contributed by atoms with E-state index in [1.807, 2.05) is 26.0 Å². The molecular formula is C14H17N3O2. The highest BCUT2D eigenvalue weighted by atomic mass is 16.4. The predicted octanol–water partition coefficient (Wildman–Crippen LogP) is 1.73. The number of oxazole rings is 1. The van der Waals surface area contributed by atoms with Crippen molar-refractivity contribution in [2.75, 3.05) is 5.73 Å². The molecule has 0 bridgehead atoms. The van der Waals surface area contributed by atoms with E-state index in [0.717, 1.165) is 17.0 Å². The van der Waals surface area contributed by atoms with Crippen LogP contribution in [0.4, 0.5) is 5.69 Å². The molecule has 0 radical (unpaired) electrons. The summed E-state index contributed by atoms with van der Waals surface area (Å²) in [6.45, 7) is 4.02. The molecule has 0 fully saturated rings. The van der Waals surface area contributed by atoms with Crippen LogP contribution in [0.1, 0.15) is 22.9 Å². The van der Waals surface area contributed by atoms with Crippen molar-refractivity contribution >= 4 is 11.6 Å². The molecule has 19 heavy (non-hydrogen) atoms. The van der Waals surface area contributed by atoms with Crippen molar-refractivity contribution in [3.8, 4) is 0 Å². The number of benzene rings is 1. The summed E-state index contributed by atoms with van der Waals surface area (Å²) in [7, 11) is 0. The Bertz CT molecular complexity index is 571. The van der Waals surface area contributed by atoms with Gasteiger partial charge in [0.2, 0.25) is 11.8 Å². The molecule has 2 rings (SSSR count). The third kappa shape index (κ3) is 3.58. The second kappa shape index (κ2) is 5.56. The summed E-state index contributed by atoms with van der Waals surface area (Å²) in [5.41, 5.74) is 8.05.